The highest BCUT2D eigenvalue weighted by atomic mass is 16.5. The number of hydrogen-bond donors (Lipinski definition) is 2. The van der Waals surface area contributed by atoms with Crippen molar-refractivity contribution in [1.29, 1.82) is 0 Å². The second-order valence-electron chi connectivity index (χ2n) is 4.90. The van der Waals surface area contributed by atoms with E-state index in [-0.39, 0.29) is 17.0 Å². The Balaban J connectivity index is 2.63. The summed E-state index contributed by atoms with van der Waals surface area (Å²) in [5.41, 5.74) is 7.62. The van der Waals surface area contributed by atoms with Gasteiger partial charge in [-0.25, -0.2) is 0 Å². The Kier molecular flexibility index (Phi) is 4.50. The SMILES string of the molecule is CCOc1ccc(-n2c(C)cc(C)c(/C(N)=N\O)c2=O)cc1. The van der Waals surface area contributed by atoms with E-state index in [0.29, 0.717) is 17.9 Å². The number of nitrogens with two attached hydrogens (primary N) is 1. The van der Waals surface area contributed by atoms with Gasteiger partial charge in [0.25, 0.3) is 5.56 Å². The highest BCUT2D eigenvalue weighted by Crippen LogP contribution is 2.17. The number of ether oxygens (including phenoxy) is 1. The van der Waals surface area contributed by atoms with Crippen molar-refractivity contribution in [3.05, 3.63) is 57.5 Å². The molecule has 3 N–H and O–H groups in total. The summed E-state index contributed by atoms with van der Waals surface area (Å²) in [5, 5.41) is 11.8. The second-order valence-corrected chi connectivity index (χ2v) is 4.90. The number of benzene rings is 1. The van der Waals surface area contributed by atoms with Crippen LogP contribution in [0.15, 0.2) is 40.3 Å². The van der Waals surface area contributed by atoms with E-state index >= 15 is 0 Å². The van der Waals surface area contributed by atoms with Crippen LogP contribution in [-0.2, 0) is 0 Å². The van der Waals surface area contributed by atoms with E-state index in [1.165, 1.54) is 4.57 Å². The standard InChI is InChI=1S/C16H19N3O3/c1-4-22-13-7-5-12(6-8-13)19-11(3)9-10(2)14(16(19)20)15(17)18-21/h5-9,21H,4H2,1-3H3,(H2,17,18). The fourth-order valence-corrected chi connectivity index (χ4v) is 2.43. The summed E-state index contributed by atoms with van der Waals surface area (Å²) in [4.78, 5) is 12.7. The Morgan fingerprint density at radius 1 is 1.32 bits per heavy atom. The number of nitrogens with zero attached hydrogens (tertiary/aromatic N) is 2. The van der Waals surface area contributed by atoms with Crippen LogP contribution in [0, 0.1) is 13.8 Å². The minimum absolute atomic E-state index is 0.192. The first-order valence-corrected chi connectivity index (χ1v) is 6.94. The third kappa shape index (κ3) is 2.81. The molecule has 2 aromatic rings. The molecular weight excluding hydrogens is 282 g/mol. The van der Waals surface area contributed by atoms with E-state index in [1.54, 1.807) is 31.2 Å². The van der Waals surface area contributed by atoms with Crippen molar-refractivity contribution in [3.8, 4) is 11.4 Å². The molecule has 0 aliphatic carbocycles. The molecule has 0 saturated heterocycles. The first-order chi connectivity index (χ1) is 10.5. The molecule has 0 bridgehead atoms. The van der Waals surface area contributed by atoms with Gasteiger partial charge in [0.05, 0.1) is 12.2 Å². The van der Waals surface area contributed by atoms with Crippen molar-refractivity contribution in [3.63, 3.8) is 0 Å². The van der Waals surface area contributed by atoms with E-state index in [0.717, 1.165) is 11.4 Å². The molecule has 0 radical (unpaired) electrons. The van der Waals surface area contributed by atoms with E-state index in [1.807, 2.05) is 19.9 Å². The highest BCUT2D eigenvalue weighted by Gasteiger charge is 2.15. The van der Waals surface area contributed by atoms with Crippen LogP contribution in [0.1, 0.15) is 23.7 Å². The molecular formula is C16H19N3O3. The molecule has 1 aromatic heterocycles. The molecule has 6 heteroatoms. The lowest BCUT2D eigenvalue weighted by Gasteiger charge is -2.14. The summed E-state index contributed by atoms with van der Waals surface area (Å²) >= 11 is 0. The van der Waals surface area contributed by atoms with Gasteiger partial charge in [-0.3, -0.25) is 9.36 Å². The number of amidine groups is 1. The zero-order chi connectivity index (χ0) is 16.3. The molecule has 0 fully saturated rings. The minimum Gasteiger partial charge on any atom is -0.494 e. The molecule has 22 heavy (non-hydrogen) atoms. The molecule has 0 atom stereocenters. The predicted octanol–water partition coefficient (Wildman–Crippen LogP) is 1.95. The quantitative estimate of drug-likeness (QED) is 0.391. The summed E-state index contributed by atoms with van der Waals surface area (Å²) in [5.74, 6) is 0.544. The number of oxime groups is 1. The number of aromatic nitrogens is 1. The first kappa shape index (κ1) is 15.6. The van der Waals surface area contributed by atoms with Gasteiger partial charge in [-0.15, -0.1) is 0 Å². The number of hydrogen-bond acceptors (Lipinski definition) is 4. The van der Waals surface area contributed by atoms with Crippen LogP contribution in [0.5, 0.6) is 5.75 Å². The van der Waals surface area contributed by atoms with Gasteiger partial charge in [0.1, 0.15) is 5.75 Å². The summed E-state index contributed by atoms with van der Waals surface area (Å²) in [7, 11) is 0. The van der Waals surface area contributed by atoms with Crippen molar-refractivity contribution >= 4 is 5.84 Å². The summed E-state index contributed by atoms with van der Waals surface area (Å²) in [6.07, 6.45) is 0. The molecule has 0 spiro atoms. The molecule has 0 saturated carbocycles. The van der Waals surface area contributed by atoms with Gasteiger partial charge in [0.15, 0.2) is 5.84 Å². The number of aryl methyl sites for hydroxylation is 2. The van der Waals surface area contributed by atoms with Gasteiger partial charge in [-0.2, -0.15) is 0 Å². The van der Waals surface area contributed by atoms with Crippen molar-refractivity contribution in [2.75, 3.05) is 6.61 Å². The van der Waals surface area contributed by atoms with Gasteiger partial charge in [-0.05, 0) is 56.7 Å². The van der Waals surface area contributed by atoms with Crippen molar-refractivity contribution < 1.29 is 9.94 Å². The average Bonchev–Trinajstić information content (AvgIpc) is 2.48. The first-order valence-electron chi connectivity index (χ1n) is 6.94. The maximum absolute atomic E-state index is 12.7. The maximum Gasteiger partial charge on any atom is 0.266 e. The minimum atomic E-state index is -0.322. The van der Waals surface area contributed by atoms with Gasteiger partial charge in [-0.1, -0.05) is 5.16 Å². The molecule has 0 unspecified atom stereocenters. The lowest BCUT2D eigenvalue weighted by molar-refractivity contribution is 0.318. The zero-order valence-electron chi connectivity index (χ0n) is 12.8. The topological polar surface area (TPSA) is 89.8 Å². The lowest BCUT2D eigenvalue weighted by atomic mass is 10.1. The van der Waals surface area contributed by atoms with E-state index in [2.05, 4.69) is 5.16 Å². The number of pyridine rings is 1. The Morgan fingerprint density at radius 3 is 2.50 bits per heavy atom. The van der Waals surface area contributed by atoms with Crippen LogP contribution in [0.3, 0.4) is 0 Å². The summed E-state index contributed by atoms with van der Waals surface area (Å²) < 4.78 is 6.92. The Hall–Kier alpha value is -2.76. The van der Waals surface area contributed by atoms with Gasteiger partial charge in [0, 0.05) is 11.4 Å². The largest absolute Gasteiger partial charge is 0.494 e. The van der Waals surface area contributed by atoms with Gasteiger partial charge in [0.2, 0.25) is 0 Å². The molecule has 0 aliphatic rings. The van der Waals surface area contributed by atoms with Crippen molar-refractivity contribution in [2.24, 2.45) is 10.9 Å². The van der Waals surface area contributed by atoms with Crippen LogP contribution in [0.25, 0.3) is 5.69 Å². The van der Waals surface area contributed by atoms with Crippen molar-refractivity contribution in [2.45, 2.75) is 20.8 Å². The molecule has 116 valence electrons. The smallest absolute Gasteiger partial charge is 0.266 e. The van der Waals surface area contributed by atoms with Crippen LogP contribution < -0.4 is 16.0 Å². The Labute approximate surface area is 128 Å². The highest BCUT2D eigenvalue weighted by molar-refractivity contribution is 5.98. The normalized spacial score (nSPS) is 11.5. The summed E-state index contributed by atoms with van der Waals surface area (Å²) in [6, 6.07) is 9.02. The maximum atomic E-state index is 12.7. The molecule has 1 aromatic carbocycles. The Morgan fingerprint density at radius 2 is 1.95 bits per heavy atom. The molecule has 1 heterocycles. The van der Waals surface area contributed by atoms with Crippen LogP contribution in [-0.4, -0.2) is 22.2 Å². The van der Waals surface area contributed by atoms with E-state index in [4.69, 9.17) is 15.7 Å². The van der Waals surface area contributed by atoms with E-state index in [9.17, 15) is 4.79 Å². The number of rotatable bonds is 4. The lowest BCUT2D eigenvalue weighted by Crippen LogP contribution is -2.31. The fourth-order valence-electron chi connectivity index (χ4n) is 2.43. The fraction of sp³-hybridized carbons (Fsp3) is 0.250. The molecule has 0 aliphatic heterocycles. The summed E-state index contributed by atoms with van der Waals surface area (Å²) in [6.45, 7) is 6.08. The third-order valence-corrected chi connectivity index (χ3v) is 3.36. The van der Waals surface area contributed by atoms with Crippen LogP contribution in [0.4, 0.5) is 0 Å². The second kappa shape index (κ2) is 6.34. The average molecular weight is 301 g/mol. The van der Waals surface area contributed by atoms with Gasteiger partial charge >= 0.3 is 0 Å². The monoisotopic (exact) mass is 301 g/mol. The molecule has 0 amide bonds. The molecule has 6 nitrogen and oxygen atoms in total. The zero-order valence-corrected chi connectivity index (χ0v) is 12.8. The van der Waals surface area contributed by atoms with Crippen LogP contribution >= 0.6 is 0 Å². The Bertz CT molecular complexity index is 761. The van der Waals surface area contributed by atoms with Crippen molar-refractivity contribution in [1.82, 2.24) is 4.57 Å². The van der Waals surface area contributed by atoms with E-state index < -0.39 is 0 Å². The molecule has 2 rings (SSSR count). The third-order valence-electron chi connectivity index (χ3n) is 3.36. The van der Waals surface area contributed by atoms with Crippen LogP contribution in [0.2, 0.25) is 0 Å². The predicted molar refractivity (Wildman–Crippen MR) is 85.2 cm³/mol. The van der Waals surface area contributed by atoms with Gasteiger partial charge < -0.3 is 15.7 Å².